The summed E-state index contributed by atoms with van der Waals surface area (Å²) in [5, 5.41) is 3.63. The number of carbonyl (C=O) groups excluding carboxylic acids is 1. The van der Waals surface area contributed by atoms with Crippen LogP contribution in [0.15, 0.2) is 16.0 Å². The van der Waals surface area contributed by atoms with Crippen LogP contribution in [0.25, 0.3) is 0 Å². The van der Waals surface area contributed by atoms with E-state index in [0.717, 1.165) is 11.8 Å². The third-order valence-corrected chi connectivity index (χ3v) is 5.88. The van der Waals surface area contributed by atoms with Gasteiger partial charge in [0, 0.05) is 17.8 Å². The number of aromatic amines is 1. The van der Waals surface area contributed by atoms with Crippen LogP contribution >= 0.6 is 11.8 Å². The molecule has 1 aromatic heterocycles. The summed E-state index contributed by atoms with van der Waals surface area (Å²) >= 11 is 1.28. The molecule has 2 fully saturated rings. The van der Waals surface area contributed by atoms with Gasteiger partial charge in [-0.15, -0.1) is 0 Å². The highest BCUT2D eigenvalue weighted by Crippen LogP contribution is 2.49. The Hall–Kier alpha value is -1.30. The summed E-state index contributed by atoms with van der Waals surface area (Å²) in [6, 6.07) is 1.69. The first kappa shape index (κ1) is 15.6. The molecule has 0 saturated heterocycles. The topological polar surface area (TPSA) is 74.8 Å². The number of fused-ring (bicyclic) bond motifs is 2. The van der Waals surface area contributed by atoms with Crippen LogP contribution in [-0.4, -0.2) is 27.7 Å². The summed E-state index contributed by atoms with van der Waals surface area (Å²) in [6.07, 6.45) is 5.34. The first-order valence-corrected chi connectivity index (χ1v) is 9.00. The van der Waals surface area contributed by atoms with Crippen molar-refractivity contribution in [3.8, 4) is 0 Å². The normalized spacial score (nSPS) is 27.8. The number of thioether (sulfide) groups is 1. The second kappa shape index (κ2) is 6.44. The lowest BCUT2D eigenvalue weighted by Gasteiger charge is -2.28. The summed E-state index contributed by atoms with van der Waals surface area (Å²) < 4.78 is 0. The Morgan fingerprint density at radius 1 is 1.50 bits per heavy atom. The monoisotopic (exact) mass is 321 g/mol. The molecular weight excluding hydrogens is 298 g/mol. The quantitative estimate of drug-likeness (QED) is 0.643. The molecule has 1 amide bonds. The van der Waals surface area contributed by atoms with Gasteiger partial charge in [-0.1, -0.05) is 18.2 Å². The van der Waals surface area contributed by atoms with Crippen molar-refractivity contribution in [2.45, 2.75) is 50.7 Å². The van der Waals surface area contributed by atoms with E-state index in [1.54, 1.807) is 6.92 Å². The van der Waals surface area contributed by atoms with E-state index in [4.69, 9.17) is 0 Å². The molecule has 6 heteroatoms. The fraction of sp³-hybridized carbons (Fsp3) is 0.688. The highest BCUT2D eigenvalue weighted by atomic mass is 32.2. The molecule has 2 aliphatic rings. The van der Waals surface area contributed by atoms with E-state index >= 15 is 0 Å². The number of hydrogen-bond donors (Lipinski definition) is 2. The van der Waals surface area contributed by atoms with Crippen LogP contribution in [0.3, 0.4) is 0 Å². The van der Waals surface area contributed by atoms with Gasteiger partial charge in [0.15, 0.2) is 5.16 Å². The lowest BCUT2D eigenvalue weighted by molar-refractivity contribution is -0.119. The van der Waals surface area contributed by atoms with Crippen LogP contribution in [0.2, 0.25) is 0 Å². The Labute approximate surface area is 134 Å². The second-order valence-corrected chi connectivity index (χ2v) is 7.64. The number of hydrogen-bond acceptors (Lipinski definition) is 4. The molecule has 2 aliphatic carbocycles. The van der Waals surface area contributed by atoms with E-state index < -0.39 is 0 Å². The summed E-state index contributed by atoms with van der Waals surface area (Å²) in [7, 11) is 0. The number of amides is 1. The smallest absolute Gasteiger partial charge is 0.251 e. The van der Waals surface area contributed by atoms with E-state index in [-0.39, 0.29) is 23.3 Å². The summed E-state index contributed by atoms with van der Waals surface area (Å²) in [4.78, 5) is 30.4. The Balaban J connectivity index is 1.49. The van der Waals surface area contributed by atoms with Gasteiger partial charge in [-0.25, -0.2) is 4.98 Å². The Kier molecular flexibility index (Phi) is 4.57. The van der Waals surface area contributed by atoms with E-state index in [2.05, 4.69) is 22.2 Å². The average Bonchev–Trinajstić information content (AvgIpc) is 3.06. The Bertz CT molecular complexity index is 616. The molecule has 120 valence electrons. The SMILES string of the molecule is Cc1cc(=O)[nH]c(SCC(=O)NC(C)C2CC3CCC2C3)n1. The average molecular weight is 321 g/mol. The zero-order chi connectivity index (χ0) is 15.7. The molecule has 2 saturated carbocycles. The van der Waals surface area contributed by atoms with Gasteiger partial charge in [0.1, 0.15) is 0 Å². The highest BCUT2D eigenvalue weighted by Gasteiger charge is 2.42. The molecule has 0 radical (unpaired) electrons. The lowest BCUT2D eigenvalue weighted by atomic mass is 9.84. The van der Waals surface area contributed by atoms with Crippen molar-refractivity contribution in [3.63, 3.8) is 0 Å². The number of carbonyl (C=O) groups is 1. The van der Waals surface area contributed by atoms with Gasteiger partial charge in [-0.2, -0.15) is 0 Å². The largest absolute Gasteiger partial charge is 0.353 e. The molecular formula is C16H23N3O2S. The van der Waals surface area contributed by atoms with Crippen molar-refractivity contribution >= 4 is 17.7 Å². The summed E-state index contributed by atoms with van der Waals surface area (Å²) in [5.41, 5.74) is 0.493. The molecule has 0 spiro atoms. The molecule has 0 aliphatic heterocycles. The van der Waals surface area contributed by atoms with Crippen LogP contribution < -0.4 is 10.9 Å². The number of aromatic nitrogens is 2. The molecule has 1 aromatic rings. The molecule has 2 bridgehead atoms. The molecule has 2 N–H and O–H groups in total. The molecule has 5 nitrogen and oxygen atoms in total. The Morgan fingerprint density at radius 3 is 2.95 bits per heavy atom. The maximum absolute atomic E-state index is 12.1. The number of nitrogens with one attached hydrogen (secondary N) is 2. The number of nitrogens with zero attached hydrogens (tertiary/aromatic N) is 1. The van der Waals surface area contributed by atoms with Gasteiger partial charge < -0.3 is 10.3 Å². The van der Waals surface area contributed by atoms with Gasteiger partial charge in [0.05, 0.1) is 5.75 Å². The van der Waals surface area contributed by atoms with Crippen molar-refractivity contribution in [1.82, 2.24) is 15.3 Å². The van der Waals surface area contributed by atoms with E-state index in [1.165, 1.54) is 43.5 Å². The predicted molar refractivity (Wildman–Crippen MR) is 86.9 cm³/mol. The third kappa shape index (κ3) is 3.54. The van der Waals surface area contributed by atoms with Gasteiger partial charge in [0.2, 0.25) is 5.91 Å². The molecule has 3 rings (SSSR count). The lowest BCUT2D eigenvalue weighted by Crippen LogP contribution is -2.40. The molecule has 1 heterocycles. The van der Waals surface area contributed by atoms with Crippen LogP contribution in [0.5, 0.6) is 0 Å². The second-order valence-electron chi connectivity index (χ2n) is 6.68. The summed E-state index contributed by atoms with van der Waals surface area (Å²) in [6.45, 7) is 3.90. The Morgan fingerprint density at radius 2 is 2.32 bits per heavy atom. The first-order chi connectivity index (χ1) is 10.5. The zero-order valence-corrected chi connectivity index (χ0v) is 13.9. The number of rotatable bonds is 5. The molecule has 22 heavy (non-hydrogen) atoms. The minimum atomic E-state index is -0.175. The molecule has 4 unspecified atom stereocenters. The number of H-pyrrole nitrogens is 1. The van der Waals surface area contributed by atoms with Crippen molar-refractivity contribution in [3.05, 3.63) is 22.1 Å². The maximum Gasteiger partial charge on any atom is 0.251 e. The highest BCUT2D eigenvalue weighted by molar-refractivity contribution is 7.99. The fourth-order valence-electron chi connectivity index (χ4n) is 4.06. The minimum absolute atomic E-state index is 0.0180. The van der Waals surface area contributed by atoms with E-state index in [1.807, 2.05) is 0 Å². The van der Waals surface area contributed by atoms with Crippen molar-refractivity contribution in [2.24, 2.45) is 17.8 Å². The first-order valence-electron chi connectivity index (χ1n) is 8.01. The van der Waals surface area contributed by atoms with Crippen molar-refractivity contribution in [2.75, 3.05) is 5.75 Å². The van der Waals surface area contributed by atoms with Crippen LogP contribution in [0, 0.1) is 24.7 Å². The van der Waals surface area contributed by atoms with Crippen molar-refractivity contribution < 1.29 is 4.79 Å². The predicted octanol–water partition coefficient (Wildman–Crippen LogP) is 2.11. The zero-order valence-electron chi connectivity index (χ0n) is 13.1. The molecule has 4 atom stereocenters. The van der Waals surface area contributed by atoms with Crippen LogP contribution in [0.4, 0.5) is 0 Å². The fourth-order valence-corrected chi connectivity index (χ4v) is 4.80. The van der Waals surface area contributed by atoms with Crippen LogP contribution in [0.1, 0.15) is 38.3 Å². The van der Waals surface area contributed by atoms with Gasteiger partial charge in [-0.05, 0) is 50.9 Å². The third-order valence-electron chi connectivity index (χ3n) is 5.01. The van der Waals surface area contributed by atoms with Gasteiger partial charge >= 0.3 is 0 Å². The van der Waals surface area contributed by atoms with Crippen molar-refractivity contribution in [1.29, 1.82) is 0 Å². The minimum Gasteiger partial charge on any atom is -0.353 e. The van der Waals surface area contributed by atoms with Gasteiger partial charge in [0.25, 0.3) is 5.56 Å². The maximum atomic E-state index is 12.1. The van der Waals surface area contributed by atoms with Gasteiger partial charge in [-0.3, -0.25) is 9.59 Å². The number of aryl methyl sites for hydroxylation is 1. The van der Waals surface area contributed by atoms with E-state index in [0.29, 0.717) is 16.8 Å². The standard InChI is InChI=1S/C16H23N3O2S/c1-9-5-14(20)19-16(17-9)22-8-15(21)18-10(2)13-7-11-3-4-12(13)6-11/h5,10-13H,3-4,6-8H2,1-2H3,(H,18,21)(H,17,19,20). The van der Waals surface area contributed by atoms with Crippen LogP contribution in [-0.2, 0) is 4.79 Å². The van der Waals surface area contributed by atoms with E-state index in [9.17, 15) is 9.59 Å². The summed E-state index contributed by atoms with van der Waals surface area (Å²) in [5.74, 6) is 2.65. The molecule has 0 aromatic carbocycles.